The number of aromatic amines is 1. The number of pyridine rings is 2. The first-order valence-electron chi connectivity index (χ1n) is 5.53. The van der Waals surface area contributed by atoms with Crippen molar-refractivity contribution in [1.82, 2.24) is 15.0 Å². The van der Waals surface area contributed by atoms with Crippen LogP contribution in [0.5, 0.6) is 0 Å². The molecule has 0 unspecified atom stereocenters. The van der Waals surface area contributed by atoms with E-state index < -0.39 is 0 Å². The molecule has 0 spiro atoms. The van der Waals surface area contributed by atoms with Crippen LogP contribution in [0.1, 0.15) is 5.69 Å². The van der Waals surface area contributed by atoms with Crippen LogP contribution in [0.3, 0.4) is 0 Å². The number of nitrogens with one attached hydrogen (secondary N) is 2. The smallest absolute Gasteiger partial charge is 0.304 e. The van der Waals surface area contributed by atoms with Gasteiger partial charge in [-0.2, -0.15) is 0 Å². The first kappa shape index (κ1) is 12.3. The predicted octanol–water partition coefficient (Wildman–Crippen LogP) is 2.75. The van der Waals surface area contributed by atoms with E-state index in [9.17, 15) is 4.79 Å². The summed E-state index contributed by atoms with van der Waals surface area (Å²) < 4.78 is 0.895. The first-order chi connectivity index (χ1) is 9.22. The highest BCUT2D eigenvalue weighted by molar-refractivity contribution is 9.10. The summed E-state index contributed by atoms with van der Waals surface area (Å²) in [6, 6.07) is 3.79. The zero-order valence-electron chi connectivity index (χ0n) is 9.68. The maximum absolute atomic E-state index is 11.1. The molecule has 0 saturated carbocycles. The molecule has 7 heteroatoms. The highest BCUT2D eigenvalue weighted by Crippen LogP contribution is 2.22. The lowest BCUT2D eigenvalue weighted by molar-refractivity contribution is 1.06. The van der Waals surface area contributed by atoms with Crippen LogP contribution in [-0.4, -0.2) is 15.0 Å². The van der Waals surface area contributed by atoms with Crippen LogP contribution in [-0.2, 0) is 6.54 Å². The molecule has 19 heavy (non-hydrogen) atoms. The van der Waals surface area contributed by atoms with Crippen LogP contribution in [0.4, 0.5) is 5.69 Å². The minimum atomic E-state index is -0.0431. The van der Waals surface area contributed by atoms with Crippen molar-refractivity contribution in [2.75, 3.05) is 5.32 Å². The molecule has 0 radical (unpaired) electrons. The van der Waals surface area contributed by atoms with E-state index in [4.69, 9.17) is 0 Å². The highest BCUT2D eigenvalue weighted by Gasteiger charge is 2.04. The summed E-state index contributed by atoms with van der Waals surface area (Å²) in [7, 11) is 0. The van der Waals surface area contributed by atoms with Crippen LogP contribution < -0.4 is 10.2 Å². The van der Waals surface area contributed by atoms with Crippen LogP contribution >= 0.6 is 27.3 Å². The normalized spacial score (nSPS) is 10.8. The van der Waals surface area contributed by atoms with Gasteiger partial charge in [-0.1, -0.05) is 11.3 Å². The van der Waals surface area contributed by atoms with Gasteiger partial charge in [0.05, 0.1) is 17.7 Å². The van der Waals surface area contributed by atoms with Crippen molar-refractivity contribution in [3.8, 4) is 0 Å². The average molecular weight is 337 g/mol. The quantitative estimate of drug-likeness (QED) is 0.771. The number of thiazole rings is 1. The molecule has 3 rings (SSSR count). The highest BCUT2D eigenvalue weighted by atomic mass is 79.9. The first-order valence-corrected chi connectivity index (χ1v) is 7.20. The van der Waals surface area contributed by atoms with Gasteiger partial charge in [0.2, 0.25) is 0 Å². The van der Waals surface area contributed by atoms with Crippen molar-refractivity contribution in [2.24, 2.45) is 0 Å². The number of nitrogens with zero attached hydrogens (tertiary/aromatic N) is 2. The number of anilines is 1. The molecule has 0 bridgehead atoms. The average Bonchev–Trinajstić information content (AvgIpc) is 2.81. The van der Waals surface area contributed by atoms with Crippen LogP contribution in [0.25, 0.3) is 11.0 Å². The number of H-pyrrole nitrogens is 1. The van der Waals surface area contributed by atoms with Gasteiger partial charge in [-0.05, 0) is 28.1 Å². The molecule has 96 valence electrons. The summed E-state index contributed by atoms with van der Waals surface area (Å²) in [5.74, 6) is 0. The molecule has 0 aliphatic rings. The van der Waals surface area contributed by atoms with Crippen molar-refractivity contribution in [3.05, 3.63) is 49.7 Å². The third-order valence-corrected chi connectivity index (χ3v) is 3.74. The Kier molecular flexibility index (Phi) is 3.31. The van der Waals surface area contributed by atoms with Gasteiger partial charge in [0.25, 0.3) is 0 Å². The fraction of sp³-hybridized carbons (Fsp3) is 0.0833. The Bertz CT molecular complexity index is 782. The number of fused-ring (bicyclic) bond motifs is 1. The van der Waals surface area contributed by atoms with Crippen molar-refractivity contribution >= 4 is 44.0 Å². The second-order valence-electron chi connectivity index (χ2n) is 3.91. The molecule has 0 aliphatic carbocycles. The Morgan fingerprint density at radius 1 is 1.42 bits per heavy atom. The number of hydrogen-bond donors (Lipinski definition) is 2. The molecule has 5 nitrogen and oxygen atoms in total. The predicted molar refractivity (Wildman–Crippen MR) is 79.5 cm³/mol. The minimum Gasteiger partial charge on any atom is -0.378 e. The fourth-order valence-electron chi connectivity index (χ4n) is 1.74. The zero-order valence-corrected chi connectivity index (χ0v) is 12.1. The number of halogens is 1. The van der Waals surface area contributed by atoms with E-state index in [-0.39, 0.29) is 4.87 Å². The molecule has 0 saturated heterocycles. The molecule has 3 aromatic heterocycles. The third-order valence-electron chi connectivity index (χ3n) is 2.58. The summed E-state index contributed by atoms with van der Waals surface area (Å²) in [5.41, 5.74) is 3.38. The lowest BCUT2D eigenvalue weighted by atomic mass is 10.3. The molecule has 0 aliphatic heterocycles. The van der Waals surface area contributed by atoms with Gasteiger partial charge >= 0.3 is 4.87 Å². The molecular weight excluding hydrogens is 328 g/mol. The lowest BCUT2D eigenvalue weighted by Gasteiger charge is -2.07. The standard InChI is InChI=1S/C12H9BrN4OS/c13-7-3-10-11(16-4-7)9(1-2-14-10)15-5-8-6-19-12(18)17-8/h1-4,6H,5H2,(H,14,15)(H,17,18). The van der Waals surface area contributed by atoms with E-state index in [1.165, 1.54) is 0 Å². The number of hydrogen-bond acceptors (Lipinski definition) is 5. The van der Waals surface area contributed by atoms with Crippen LogP contribution in [0.15, 0.2) is 39.2 Å². The zero-order chi connectivity index (χ0) is 13.2. The Balaban J connectivity index is 1.90. The largest absolute Gasteiger partial charge is 0.378 e. The van der Waals surface area contributed by atoms with Gasteiger partial charge in [0.15, 0.2) is 0 Å². The minimum absolute atomic E-state index is 0.0431. The van der Waals surface area contributed by atoms with E-state index >= 15 is 0 Å². The van der Waals surface area contributed by atoms with Gasteiger partial charge in [-0.3, -0.25) is 14.8 Å². The van der Waals surface area contributed by atoms with Crippen molar-refractivity contribution < 1.29 is 0 Å². The van der Waals surface area contributed by atoms with Crippen LogP contribution in [0, 0.1) is 0 Å². The molecule has 0 amide bonds. The fourth-order valence-corrected chi connectivity index (χ4v) is 2.64. The Labute approximate surface area is 120 Å². The van der Waals surface area contributed by atoms with E-state index in [1.54, 1.807) is 12.4 Å². The molecule has 2 N–H and O–H groups in total. The lowest BCUT2D eigenvalue weighted by Crippen LogP contribution is -2.03. The Morgan fingerprint density at radius 3 is 3.11 bits per heavy atom. The van der Waals surface area contributed by atoms with Gasteiger partial charge in [0, 0.05) is 27.9 Å². The van der Waals surface area contributed by atoms with Crippen LogP contribution in [0.2, 0.25) is 0 Å². The van der Waals surface area contributed by atoms with Gasteiger partial charge < -0.3 is 10.3 Å². The Morgan fingerprint density at radius 2 is 2.32 bits per heavy atom. The summed E-state index contributed by atoms with van der Waals surface area (Å²) in [6.45, 7) is 0.551. The molecular formula is C12H9BrN4OS. The summed E-state index contributed by atoms with van der Waals surface area (Å²) in [4.78, 5) is 22.4. The molecule has 0 aromatic carbocycles. The van der Waals surface area contributed by atoms with Gasteiger partial charge in [-0.25, -0.2) is 0 Å². The molecule has 3 aromatic rings. The third kappa shape index (κ3) is 2.66. The molecule has 3 heterocycles. The van der Waals surface area contributed by atoms with Crippen molar-refractivity contribution in [3.63, 3.8) is 0 Å². The van der Waals surface area contributed by atoms with E-state index in [0.29, 0.717) is 6.54 Å². The number of rotatable bonds is 3. The van der Waals surface area contributed by atoms with E-state index in [1.807, 2.05) is 17.5 Å². The van der Waals surface area contributed by atoms with E-state index in [2.05, 4.69) is 36.2 Å². The van der Waals surface area contributed by atoms with Crippen molar-refractivity contribution in [2.45, 2.75) is 6.54 Å². The van der Waals surface area contributed by atoms with E-state index in [0.717, 1.165) is 38.2 Å². The van der Waals surface area contributed by atoms with Gasteiger partial charge in [-0.15, -0.1) is 0 Å². The molecule has 0 fully saturated rings. The SMILES string of the molecule is O=c1[nH]c(CNc2ccnc3cc(Br)cnc23)cs1. The second-order valence-corrected chi connectivity index (χ2v) is 5.66. The second kappa shape index (κ2) is 5.10. The Hall–Kier alpha value is -1.73. The number of aromatic nitrogens is 3. The van der Waals surface area contributed by atoms with Gasteiger partial charge in [0.1, 0.15) is 5.52 Å². The summed E-state index contributed by atoms with van der Waals surface area (Å²) in [5, 5.41) is 5.06. The molecule has 0 atom stereocenters. The monoisotopic (exact) mass is 336 g/mol. The maximum Gasteiger partial charge on any atom is 0.304 e. The summed E-state index contributed by atoms with van der Waals surface area (Å²) in [6.07, 6.45) is 3.47. The van der Waals surface area contributed by atoms with Crippen molar-refractivity contribution in [1.29, 1.82) is 0 Å². The maximum atomic E-state index is 11.1. The summed E-state index contributed by atoms with van der Waals surface area (Å²) >= 11 is 4.53. The topological polar surface area (TPSA) is 70.7 Å².